The zero-order valence-corrected chi connectivity index (χ0v) is 5.60. The quantitative estimate of drug-likeness (QED) is 0.389. The van der Waals surface area contributed by atoms with Gasteiger partial charge < -0.3 is 21.1 Å². The molecule has 0 aliphatic rings. The molecule has 0 aromatic carbocycles. The van der Waals surface area contributed by atoms with Crippen LogP contribution in [0.5, 0.6) is 0 Å². The molecule has 0 heterocycles. The lowest BCUT2D eigenvalue weighted by molar-refractivity contribution is -0.144. The summed E-state index contributed by atoms with van der Waals surface area (Å²) in [5.74, 6) is -2.70. The zero-order valence-electron chi connectivity index (χ0n) is 5.60. The van der Waals surface area contributed by atoms with E-state index in [1.165, 1.54) is 0 Å². The molecule has 0 aromatic heterocycles. The molecule has 0 saturated heterocycles. The van der Waals surface area contributed by atoms with Crippen LogP contribution in [0.1, 0.15) is 6.42 Å². The van der Waals surface area contributed by atoms with Gasteiger partial charge in [0.15, 0.2) is 0 Å². The average Bonchev–Trinajstić information content (AvgIpc) is 1.84. The van der Waals surface area contributed by atoms with Crippen LogP contribution in [0, 0.1) is 0 Å². The Morgan fingerprint density at radius 1 is 1.36 bits per heavy atom. The van der Waals surface area contributed by atoms with E-state index in [0.29, 0.717) is 0 Å². The topological polar surface area (TPSA) is 121 Å². The molecule has 6 heteroatoms. The Kier molecular flexibility index (Phi) is 3.49. The minimum atomic E-state index is -1.54. The predicted octanol–water partition coefficient (Wildman–Crippen LogP) is -1.77. The summed E-state index contributed by atoms with van der Waals surface area (Å²) in [5.41, 5.74) is 4.90. The standard InChI is InChI=1S/C5H9NO5/c6-4(5(10)11)2(7)1-3(8)9/h2,4,7H,1,6H2,(H,8,9)(H,10,11)/t2-,4-/m1/s1. The minimum Gasteiger partial charge on any atom is -0.481 e. The number of carbonyl (C=O) groups is 2. The molecule has 0 fully saturated rings. The van der Waals surface area contributed by atoms with Gasteiger partial charge in [-0.3, -0.25) is 9.59 Å². The van der Waals surface area contributed by atoms with Crippen molar-refractivity contribution in [2.24, 2.45) is 5.73 Å². The third-order valence-electron chi connectivity index (χ3n) is 1.08. The van der Waals surface area contributed by atoms with E-state index < -0.39 is 30.5 Å². The van der Waals surface area contributed by atoms with Crippen molar-refractivity contribution in [1.82, 2.24) is 0 Å². The van der Waals surface area contributed by atoms with Crippen LogP contribution >= 0.6 is 0 Å². The summed E-state index contributed by atoms with van der Waals surface area (Å²) in [4.78, 5) is 20.0. The number of aliphatic hydroxyl groups excluding tert-OH is 1. The largest absolute Gasteiger partial charge is 0.481 e. The highest BCUT2D eigenvalue weighted by Crippen LogP contribution is 1.96. The third-order valence-corrected chi connectivity index (χ3v) is 1.08. The van der Waals surface area contributed by atoms with Crippen molar-refractivity contribution < 1.29 is 24.9 Å². The summed E-state index contributed by atoms with van der Waals surface area (Å²) in [6.45, 7) is 0. The summed E-state index contributed by atoms with van der Waals surface area (Å²) in [7, 11) is 0. The second kappa shape index (κ2) is 3.89. The van der Waals surface area contributed by atoms with Crippen LogP contribution < -0.4 is 5.73 Å². The van der Waals surface area contributed by atoms with Gasteiger partial charge in [0.2, 0.25) is 0 Å². The summed E-state index contributed by atoms with van der Waals surface area (Å²) >= 11 is 0. The molecule has 0 aliphatic carbocycles. The van der Waals surface area contributed by atoms with Crippen molar-refractivity contribution in [2.75, 3.05) is 0 Å². The Labute approximate surface area is 62.2 Å². The van der Waals surface area contributed by atoms with Gasteiger partial charge in [-0.2, -0.15) is 0 Å². The molecule has 11 heavy (non-hydrogen) atoms. The highest BCUT2D eigenvalue weighted by molar-refractivity contribution is 5.76. The van der Waals surface area contributed by atoms with Gasteiger partial charge in [-0.1, -0.05) is 0 Å². The molecule has 64 valence electrons. The normalized spacial score (nSPS) is 15.5. The second-order valence-corrected chi connectivity index (χ2v) is 2.03. The van der Waals surface area contributed by atoms with E-state index in [-0.39, 0.29) is 0 Å². The fourth-order valence-electron chi connectivity index (χ4n) is 0.470. The van der Waals surface area contributed by atoms with E-state index in [4.69, 9.17) is 21.1 Å². The van der Waals surface area contributed by atoms with Crippen LogP contribution in [0.15, 0.2) is 0 Å². The molecule has 5 N–H and O–H groups in total. The number of rotatable bonds is 4. The van der Waals surface area contributed by atoms with Gasteiger partial charge in [0.25, 0.3) is 0 Å². The average molecular weight is 163 g/mol. The van der Waals surface area contributed by atoms with Gasteiger partial charge in [-0.05, 0) is 0 Å². The highest BCUT2D eigenvalue weighted by Gasteiger charge is 2.23. The van der Waals surface area contributed by atoms with Gasteiger partial charge in [0.05, 0.1) is 12.5 Å². The van der Waals surface area contributed by atoms with Crippen LogP contribution in [0.3, 0.4) is 0 Å². The van der Waals surface area contributed by atoms with Crippen molar-refractivity contribution >= 4 is 11.9 Å². The summed E-state index contributed by atoms with van der Waals surface area (Å²) in [5, 5.41) is 25.1. The number of nitrogens with two attached hydrogens (primary N) is 1. The third kappa shape index (κ3) is 3.54. The minimum absolute atomic E-state index is 0.659. The van der Waals surface area contributed by atoms with Crippen molar-refractivity contribution in [3.63, 3.8) is 0 Å². The summed E-state index contributed by atoms with van der Waals surface area (Å²) in [6, 6.07) is -1.54. The molecular formula is C5H9NO5. The molecule has 0 rings (SSSR count). The fraction of sp³-hybridized carbons (Fsp3) is 0.600. The summed E-state index contributed by atoms with van der Waals surface area (Å²) in [6.07, 6.45) is -2.20. The van der Waals surface area contributed by atoms with E-state index in [9.17, 15) is 9.59 Å². The van der Waals surface area contributed by atoms with Crippen molar-refractivity contribution in [1.29, 1.82) is 0 Å². The number of hydrogen-bond donors (Lipinski definition) is 4. The predicted molar refractivity (Wildman–Crippen MR) is 33.9 cm³/mol. The van der Waals surface area contributed by atoms with Gasteiger partial charge >= 0.3 is 11.9 Å². The molecular weight excluding hydrogens is 154 g/mol. The van der Waals surface area contributed by atoms with Gasteiger partial charge in [-0.15, -0.1) is 0 Å². The molecule has 0 bridgehead atoms. The van der Waals surface area contributed by atoms with Crippen LogP contribution in [0.2, 0.25) is 0 Å². The van der Waals surface area contributed by atoms with E-state index in [1.54, 1.807) is 0 Å². The molecule has 0 unspecified atom stereocenters. The Morgan fingerprint density at radius 3 is 2.09 bits per heavy atom. The fourth-order valence-corrected chi connectivity index (χ4v) is 0.470. The first kappa shape index (κ1) is 9.86. The summed E-state index contributed by atoms with van der Waals surface area (Å²) < 4.78 is 0. The Hall–Kier alpha value is -1.14. The van der Waals surface area contributed by atoms with Crippen LogP contribution in [0.25, 0.3) is 0 Å². The number of aliphatic carboxylic acids is 2. The van der Waals surface area contributed by atoms with Crippen LogP contribution in [-0.2, 0) is 9.59 Å². The highest BCUT2D eigenvalue weighted by atomic mass is 16.4. The maximum Gasteiger partial charge on any atom is 0.323 e. The lowest BCUT2D eigenvalue weighted by Crippen LogP contribution is -2.42. The van der Waals surface area contributed by atoms with E-state index in [0.717, 1.165) is 0 Å². The molecule has 0 spiro atoms. The monoisotopic (exact) mass is 163 g/mol. The van der Waals surface area contributed by atoms with Crippen molar-refractivity contribution in [2.45, 2.75) is 18.6 Å². The molecule has 0 aromatic rings. The lowest BCUT2D eigenvalue weighted by Gasteiger charge is -2.11. The van der Waals surface area contributed by atoms with Crippen molar-refractivity contribution in [3.05, 3.63) is 0 Å². The molecule has 0 amide bonds. The Bertz CT molecular complexity index is 168. The SMILES string of the molecule is N[C@@H](C(=O)O)[C@H](O)CC(=O)O. The smallest absolute Gasteiger partial charge is 0.323 e. The van der Waals surface area contributed by atoms with Gasteiger partial charge in [0.1, 0.15) is 6.04 Å². The number of hydrogen-bond acceptors (Lipinski definition) is 4. The van der Waals surface area contributed by atoms with Crippen LogP contribution in [-0.4, -0.2) is 39.4 Å². The first-order valence-electron chi connectivity index (χ1n) is 2.83. The molecule has 0 saturated carbocycles. The number of carboxylic acids is 2. The molecule has 0 radical (unpaired) electrons. The second-order valence-electron chi connectivity index (χ2n) is 2.03. The van der Waals surface area contributed by atoms with Gasteiger partial charge in [-0.25, -0.2) is 0 Å². The Morgan fingerprint density at radius 2 is 1.82 bits per heavy atom. The maximum atomic E-state index is 10.0. The van der Waals surface area contributed by atoms with E-state index in [2.05, 4.69) is 0 Å². The number of carboxylic acid groups (broad SMARTS) is 2. The maximum absolute atomic E-state index is 10.0. The Balaban J connectivity index is 3.92. The van der Waals surface area contributed by atoms with E-state index >= 15 is 0 Å². The number of aliphatic hydroxyl groups is 1. The van der Waals surface area contributed by atoms with Gasteiger partial charge in [0, 0.05) is 0 Å². The first-order valence-corrected chi connectivity index (χ1v) is 2.83. The molecule has 2 atom stereocenters. The zero-order chi connectivity index (χ0) is 9.02. The molecule has 6 nitrogen and oxygen atoms in total. The van der Waals surface area contributed by atoms with Crippen molar-refractivity contribution in [3.8, 4) is 0 Å². The van der Waals surface area contributed by atoms with Crippen LogP contribution in [0.4, 0.5) is 0 Å². The molecule has 0 aliphatic heterocycles. The van der Waals surface area contributed by atoms with E-state index in [1.807, 2.05) is 0 Å². The lowest BCUT2D eigenvalue weighted by atomic mass is 10.1. The first-order chi connectivity index (χ1) is 4.95.